The SMILES string of the molecule is Oc1nn(-c2cnccn2)c(-c2ccc(F)nc2)c1Br. The number of nitrogens with zero attached hydrogens (tertiary/aromatic N) is 5. The summed E-state index contributed by atoms with van der Waals surface area (Å²) in [6.07, 6.45) is 5.89. The Hall–Kier alpha value is -2.35. The van der Waals surface area contributed by atoms with Crippen molar-refractivity contribution in [2.24, 2.45) is 0 Å². The van der Waals surface area contributed by atoms with Gasteiger partial charge in [0.25, 0.3) is 0 Å². The third-order valence-corrected chi connectivity index (χ3v) is 3.31. The fourth-order valence-corrected chi connectivity index (χ4v) is 2.19. The molecular weight excluding hydrogens is 329 g/mol. The lowest BCUT2D eigenvalue weighted by molar-refractivity contribution is 0.444. The van der Waals surface area contributed by atoms with Gasteiger partial charge in [0, 0.05) is 24.2 Å². The Morgan fingerprint density at radius 3 is 2.65 bits per heavy atom. The first-order chi connectivity index (χ1) is 9.66. The van der Waals surface area contributed by atoms with Gasteiger partial charge < -0.3 is 5.11 Å². The maximum absolute atomic E-state index is 12.9. The van der Waals surface area contributed by atoms with Crippen LogP contribution in [0.4, 0.5) is 4.39 Å². The highest BCUT2D eigenvalue weighted by atomic mass is 79.9. The summed E-state index contributed by atoms with van der Waals surface area (Å²) in [5.74, 6) is -0.359. The molecule has 0 spiro atoms. The molecule has 0 bridgehead atoms. The van der Waals surface area contributed by atoms with E-state index in [1.54, 1.807) is 0 Å². The Balaban J connectivity index is 2.22. The first kappa shape index (κ1) is 12.7. The molecule has 0 fully saturated rings. The highest BCUT2D eigenvalue weighted by Gasteiger charge is 2.19. The van der Waals surface area contributed by atoms with Gasteiger partial charge in [-0.1, -0.05) is 0 Å². The first-order valence-corrected chi connectivity index (χ1v) is 6.32. The Morgan fingerprint density at radius 2 is 2.00 bits per heavy atom. The van der Waals surface area contributed by atoms with Gasteiger partial charge in [0.1, 0.15) is 4.47 Å². The molecule has 0 saturated carbocycles. The van der Waals surface area contributed by atoms with Crippen molar-refractivity contribution in [1.82, 2.24) is 24.7 Å². The molecule has 0 atom stereocenters. The minimum Gasteiger partial charge on any atom is -0.491 e. The molecule has 8 heteroatoms. The van der Waals surface area contributed by atoms with E-state index < -0.39 is 5.95 Å². The number of halogens is 2. The molecule has 3 rings (SSSR count). The topological polar surface area (TPSA) is 76.7 Å². The third kappa shape index (κ3) is 2.14. The van der Waals surface area contributed by atoms with Crippen molar-refractivity contribution in [3.63, 3.8) is 0 Å². The Kier molecular flexibility index (Phi) is 3.15. The minimum absolute atomic E-state index is 0.199. The fraction of sp³-hybridized carbons (Fsp3) is 0. The van der Waals surface area contributed by atoms with Crippen molar-refractivity contribution in [3.8, 4) is 23.0 Å². The van der Waals surface area contributed by atoms with E-state index in [2.05, 4.69) is 36.0 Å². The molecule has 0 aliphatic carbocycles. The molecule has 100 valence electrons. The summed E-state index contributed by atoms with van der Waals surface area (Å²) in [6, 6.07) is 2.77. The summed E-state index contributed by atoms with van der Waals surface area (Å²) in [5.41, 5.74) is 1.09. The molecule has 0 saturated heterocycles. The summed E-state index contributed by atoms with van der Waals surface area (Å²) < 4.78 is 14.7. The van der Waals surface area contributed by atoms with E-state index >= 15 is 0 Å². The number of aromatic nitrogens is 5. The van der Waals surface area contributed by atoms with Gasteiger partial charge in [-0.05, 0) is 28.1 Å². The Morgan fingerprint density at radius 1 is 1.15 bits per heavy atom. The van der Waals surface area contributed by atoms with E-state index in [-0.39, 0.29) is 5.88 Å². The van der Waals surface area contributed by atoms with Crippen LogP contribution in [-0.4, -0.2) is 29.8 Å². The second-order valence-electron chi connectivity index (χ2n) is 3.83. The molecule has 0 radical (unpaired) electrons. The van der Waals surface area contributed by atoms with Crippen LogP contribution in [0.1, 0.15) is 0 Å². The molecule has 3 aromatic heterocycles. The van der Waals surface area contributed by atoms with Gasteiger partial charge in [-0.25, -0.2) is 14.6 Å². The lowest BCUT2D eigenvalue weighted by Crippen LogP contribution is -2.02. The molecule has 0 amide bonds. The smallest absolute Gasteiger partial charge is 0.246 e. The maximum Gasteiger partial charge on any atom is 0.246 e. The average Bonchev–Trinajstić information content (AvgIpc) is 2.77. The van der Waals surface area contributed by atoms with E-state index in [1.807, 2.05) is 0 Å². The van der Waals surface area contributed by atoms with E-state index in [1.165, 1.54) is 41.6 Å². The van der Waals surface area contributed by atoms with Gasteiger partial charge in [0.15, 0.2) is 5.82 Å². The number of pyridine rings is 1. The van der Waals surface area contributed by atoms with Crippen LogP contribution >= 0.6 is 15.9 Å². The lowest BCUT2D eigenvalue weighted by atomic mass is 10.2. The van der Waals surface area contributed by atoms with Gasteiger partial charge in [-0.3, -0.25) is 4.98 Å². The number of rotatable bonds is 2. The summed E-state index contributed by atoms with van der Waals surface area (Å²) in [7, 11) is 0. The molecule has 1 N–H and O–H groups in total. The van der Waals surface area contributed by atoms with Crippen LogP contribution in [-0.2, 0) is 0 Å². The Bertz CT molecular complexity index is 745. The maximum atomic E-state index is 12.9. The van der Waals surface area contributed by atoms with Crippen molar-refractivity contribution in [2.75, 3.05) is 0 Å². The van der Waals surface area contributed by atoms with Crippen LogP contribution in [0.5, 0.6) is 5.88 Å². The summed E-state index contributed by atoms with van der Waals surface area (Å²) in [5, 5.41) is 13.8. The number of aromatic hydroxyl groups is 1. The largest absolute Gasteiger partial charge is 0.491 e. The normalized spacial score (nSPS) is 10.7. The van der Waals surface area contributed by atoms with Gasteiger partial charge in [-0.15, -0.1) is 5.10 Å². The quantitative estimate of drug-likeness (QED) is 0.727. The Labute approximate surface area is 121 Å². The molecule has 3 aromatic rings. The predicted molar refractivity (Wildman–Crippen MR) is 71.7 cm³/mol. The minimum atomic E-state index is -0.584. The van der Waals surface area contributed by atoms with Gasteiger partial charge in [0.05, 0.1) is 11.9 Å². The molecule has 0 unspecified atom stereocenters. The molecule has 20 heavy (non-hydrogen) atoms. The van der Waals surface area contributed by atoms with Crippen LogP contribution in [0.25, 0.3) is 17.1 Å². The van der Waals surface area contributed by atoms with E-state index in [9.17, 15) is 9.50 Å². The molecule has 6 nitrogen and oxygen atoms in total. The second-order valence-corrected chi connectivity index (χ2v) is 4.62. The summed E-state index contributed by atoms with van der Waals surface area (Å²) >= 11 is 3.25. The monoisotopic (exact) mass is 335 g/mol. The zero-order chi connectivity index (χ0) is 14.1. The van der Waals surface area contributed by atoms with Crippen molar-refractivity contribution in [3.05, 3.63) is 47.3 Å². The predicted octanol–water partition coefficient (Wildman–Crippen LogP) is 2.33. The molecule has 0 aliphatic heterocycles. The second kappa shape index (κ2) is 4.97. The van der Waals surface area contributed by atoms with Gasteiger partial charge in [-0.2, -0.15) is 4.39 Å². The van der Waals surface area contributed by atoms with Crippen LogP contribution in [0.2, 0.25) is 0 Å². The van der Waals surface area contributed by atoms with Crippen LogP contribution in [0.3, 0.4) is 0 Å². The highest BCUT2D eigenvalue weighted by molar-refractivity contribution is 9.10. The van der Waals surface area contributed by atoms with Crippen molar-refractivity contribution >= 4 is 15.9 Å². The number of hydrogen-bond acceptors (Lipinski definition) is 5. The number of hydrogen-bond donors (Lipinski definition) is 1. The molecule has 0 aromatic carbocycles. The van der Waals surface area contributed by atoms with Gasteiger partial charge in [0.2, 0.25) is 11.8 Å². The fourth-order valence-electron chi connectivity index (χ4n) is 1.72. The van der Waals surface area contributed by atoms with E-state index in [0.717, 1.165) is 0 Å². The average molecular weight is 336 g/mol. The van der Waals surface area contributed by atoms with E-state index in [4.69, 9.17) is 0 Å². The lowest BCUT2D eigenvalue weighted by Gasteiger charge is -2.05. The molecule has 0 aliphatic rings. The zero-order valence-electron chi connectivity index (χ0n) is 9.90. The van der Waals surface area contributed by atoms with Crippen LogP contribution in [0.15, 0.2) is 41.4 Å². The van der Waals surface area contributed by atoms with E-state index in [0.29, 0.717) is 21.5 Å². The van der Waals surface area contributed by atoms with Crippen LogP contribution in [0, 0.1) is 5.95 Å². The van der Waals surface area contributed by atoms with Crippen LogP contribution < -0.4 is 0 Å². The highest BCUT2D eigenvalue weighted by Crippen LogP contribution is 2.35. The third-order valence-electron chi connectivity index (χ3n) is 2.58. The van der Waals surface area contributed by atoms with Crippen molar-refractivity contribution < 1.29 is 9.50 Å². The summed E-state index contributed by atoms with van der Waals surface area (Å²) in [6.45, 7) is 0. The zero-order valence-corrected chi connectivity index (χ0v) is 11.5. The van der Waals surface area contributed by atoms with Gasteiger partial charge >= 0.3 is 0 Å². The van der Waals surface area contributed by atoms with Crippen molar-refractivity contribution in [1.29, 1.82) is 0 Å². The molecule has 3 heterocycles. The molecular formula is C12H7BrFN5O. The van der Waals surface area contributed by atoms with Crippen molar-refractivity contribution in [2.45, 2.75) is 0 Å². The first-order valence-electron chi connectivity index (χ1n) is 5.52. The summed E-state index contributed by atoms with van der Waals surface area (Å²) in [4.78, 5) is 11.7. The standard InChI is InChI=1S/C12H7BrFN5O/c13-10-11(7-1-2-8(14)17-5-7)19(18-12(10)20)9-6-15-3-4-16-9/h1-6H,(H,18,20).